The zero-order valence-corrected chi connectivity index (χ0v) is 18.0. The Labute approximate surface area is 187 Å². The molecule has 0 bridgehead atoms. The number of ether oxygens (including phenoxy) is 1. The van der Waals surface area contributed by atoms with Crippen LogP contribution in [0.4, 0.5) is 5.69 Å². The van der Waals surface area contributed by atoms with Crippen LogP contribution in [0.1, 0.15) is 58.1 Å². The molecular weight excluding hydrogens is 406 g/mol. The van der Waals surface area contributed by atoms with E-state index in [4.69, 9.17) is 4.74 Å². The van der Waals surface area contributed by atoms with Crippen LogP contribution in [-0.4, -0.2) is 48.9 Å². The molecule has 0 aliphatic carbocycles. The summed E-state index contributed by atoms with van der Waals surface area (Å²) in [6.07, 6.45) is 2.37. The molecule has 166 valence electrons. The Morgan fingerprint density at radius 2 is 1.69 bits per heavy atom. The van der Waals surface area contributed by atoms with E-state index >= 15 is 0 Å². The van der Waals surface area contributed by atoms with Crippen LogP contribution in [0.15, 0.2) is 48.5 Å². The van der Waals surface area contributed by atoms with Crippen molar-refractivity contribution < 1.29 is 19.1 Å². The number of rotatable bonds is 6. The highest BCUT2D eigenvalue weighted by Crippen LogP contribution is 2.45. The van der Waals surface area contributed by atoms with E-state index in [-0.39, 0.29) is 17.7 Å². The number of fused-ring (bicyclic) bond motifs is 5. The van der Waals surface area contributed by atoms with Crippen LogP contribution >= 0.6 is 0 Å². The van der Waals surface area contributed by atoms with Gasteiger partial charge in [0.1, 0.15) is 6.17 Å². The molecule has 7 heteroatoms. The molecule has 3 heterocycles. The van der Waals surface area contributed by atoms with E-state index in [9.17, 15) is 14.4 Å². The Morgan fingerprint density at radius 3 is 2.50 bits per heavy atom. The van der Waals surface area contributed by atoms with Crippen molar-refractivity contribution in [2.24, 2.45) is 5.92 Å². The number of hydrogen-bond acceptors (Lipinski definition) is 4. The van der Waals surface area contributed by atoms with E-state index in [1.54, 1.807) is 15.9 Å². The third kappa shape index (κ3) is 3.66. The molecule has 5 rings (SSSR count). The summed E-state index contributed by atoms with van der Waals surface area (Å²) >= 11 is 0. The van der Waals surface area contributed by atoms with Crippen LogP contribution in [-0.2, 0) is 9.53 Å². The molecule has 7 nitrogen and oxygen atoms in total. The lowest BCUT2D eigenvalue weighted by molar-refractivity contribution is -0.121. The smallest absolute Gasteiger partial charge is 0.260 e. The fraction of sp³-hybridized carbons (Fsp3) is 0.400. The van der Waals surface area contributed by atoms with Crippen LogP contribution in [0, 0.1) is 5.92 Å². The van der Waals surface area contributed by atoms with Gasteiger partial charge >= 0.3 is 0 Å². The highest BCUT2D eigenvalue weighted by Gasteiger charge is 2.47. The normalized spacial score (nSPS) is 20.1. The van der Waals surface area contributed by atoms with Gasteiger partial charge in [0, 0.05) is 43.9 Å². The average molecular weight is 434 g/mol. The summed E-state index contributed by atoms with van der Waals surface area (Å²) in [5.74, 6) is 0.280. The molecule has 1 fully saturated rings. The van der Waals surface area contributed by atoms with Crippen LogP contribution in [0.5, 0.6) is 0 Å². The zero-order chi connectivity index (χ0) is 22.1. The Bertz CT molecular complexity index is 1050. The lowest BCUT2D eigenvalue weighted by Gasteiger charge is -2.41. The maximum atomic E-state index is 13.4. The summed E-state index contributed by atoms with van der Waals surface area (Å²) < 4.78 is 5.36. The van der Waals surface area contributed by atoms with Gasteiger partial charge in [0.2, 0.25) is 5.91 Å². The molecule has 3 aliphatic rings. The van der Waals surface area contributed by atoms with Crippen molar-refractivity contribution >= 4 is 23.4 Å². The molecule has 1 N–H and O–H groups in total. The minimum Gasteiger partial charge on any atom is -0.381 e. The predicted octanol–water partition coefficient (Wildman–Crippen LogP) is 3.12. The van der Waals surface area contributed by atoms with E-state index in [2.05, 4.69) is 5.32 Å². The lowest BCUT2D eigenvalue weighted by Crippen LogP contribution is -2.48. The number of benzene rings is 2. The van der Waals surface area contributed by atoms with Crippen molar-refractivity contribution in [1.82, 2.24) is 10.2 Å². The Morgan fingerprint density at radius 1 is 0.969 bits per heavy atom. The minimum atomic E-state index is -0.466. The summed E-state index contributed by atoms with van der Waals surface area (Å²) in [6, 6.07) is 14.7. The number of carbonyl (C=O) groups excluding carboxylic acids is 3. The van der Waals surface area contributed by atoms with E-state index in [0.29, 0.717) is 48.7 Å². The van der Waals surface area contributed by atoms with Gasteiger partial charge in [0.05, 0.1) is 11.3 Å². The van der Waals surface area contributed by atoms with Crippen molar-refractivity contribution in [2.75, 3.05) is 31.2 Å². The second-order valence-electron chi connectivity index (χ2n) is 8.62. The molecule has 0 saturated carbocycles. The average Bonchev–Trinajstić information content (AvgIpc) is 3.13. The minimum absolute atomic E-state index is 0.00102. The van der Waals surface area contributed by atoms with Crippen LogP contribution in [0.2, 0.25) is 0 Å². The third-order valence-corrected chi connectivity index (χ3v) is 6.61. The van der Waals surface area contributed by atoms with E-state index < -0.39 is 6.17 Å². The highest BCUT2D eigenvalue weighted by atomic mass is 16.5. The number of anilines is 1. The first-order valence-electron chi connectivity index (χ1n) is 11.3. The predicted molar refractivity (Wildman–Crippen MR) is 119 cm³/mol. The molecule has 2 aromatic carbocycles. The van der Waals surface area contributed by atoms with Gasteiger partial charge in [0.15, 0.2) is 0 Å². The number of carbonyl (C=O) groups is 3. The van der Waals surface area contributed by atoms with Crippen LogP contribution < -0.4 is 10.2 Å². The van der Waals surface area contributed by atoms with Gasteiger partial charge in [-0.05, 0) is 43.4 Å². The van der Waals surface area contributed by atoms with Gasteiger partial charge in [-0.3, -0.25) is 19.3 Å². The van der Waals surface area contributed by atoms with Crippen molar-refractivity contribution in [3.8, 4) is 0 Å². The monoisotopic (exact) mass is 433 g/mol. The van der Waals surface area contributed by atoms with Gasteiger partial charge in [-0.2, -0.15) is 0 Å². The van der Waals surface area contributed by atoms with Gasteiger partial charge in [-0.1, -0.05) is 30.3 Å². The van der Waals surface area contributed by atoms with Gasteiger partial charge in [-0.25, -0.2) is 0 Å². The van der Waals surface area contributed by atoms with Crippen molar-refractivity contribution in [2.45, 2.75) is 31.8 Å². The van der Waals surface area contributed by atoms with Gasteiger partial charge < -0.3 is 15.0 Å². The second kappa shape index (κ2) is 8.74. The molecule has 1 atom stereocenters. The fourth-order valence-electron chi connectivity index (χ4n) is 4.91. The first-order chi connectivity index (χ1) is 15.6. The summed E-state index contributed by atoms with van der Waals surface area (Å²) in [6.45, 7) is 2.60. The molecule has 1 saturated heterocycles. The zero-order valence-electron chi connectivity index (χ0n) is 18.0. The number of nitrogens with one attached hydrogen (secondary N) is 1. The van der Waals surface area contributed by atoms with Crippen molar-refractivity contribution in [3.63, 3.8) is 0 Å². The first-order valence-corrected chi connectivity index (χ1v) is 11.3. The molecule has 0 radical (unpaired) electrons. The summed E-state index contributed by atoms with van der Waals surface area (Å²) in [4.78, 5) is 42.4. The number of hydrogen-bond donors (Lipinski definition) is 1. The molecule has 0 aromatic heterocycles. The van der Waals surface area contributed by atoms with E-state index in [1.807, 2.05) is 42.5 Å². The molecular formula is C25H27N3O4. The topological polar surface area (TPSA) is 79.0 Å². The maximum absolute atomic E-state index is 13.4. The molecule has 3 aliphatic heterocycles. The molecule has 0 spiro atoms. The van der Waals surface area contributed by atoms with Crippen LogP contribution in [0.25, 0.3) is 0 Å². The summed E-state index contributed by atoms with van der Waals surface area (Å²) in [5, 5.41) is 3.02. The SMILES string of the molecule is O=C(CCCN1C(=O)c2ccccc2N2C(=O)c3ccccc3[C@H]12)NCC1CCOCC1. The Hall–Kier alpha value is -3.19. The van der Waals surface area contributed by atoms with Crippen molar-refractivity contribution in [1.29, 1.82) is 0 Å². The molecule has 2 aromatic rings. The third-order valence-electron chi connectivity index (χ3n) is 6.61. The first kappa shape index (κ1) is 20.7. The largest absolute Gasteiger partial charge is 0.381 e. The highest BCUT2D eigenvalue weighted by molar-refractivity contribution is 6.16. The quantitative estimate of drug-likeness (QED) is 0.759. The number of nitrogens with zero attached hydrogens (tertiary/aromatic N) is 2. The van der Waals surface area contributed by atoms with Crippen LogP contribution in [0.3, 0.4) is 0 Å². The molecule has 3 amide bonds. The maximum Gasteiger partial charge on any atom is 0.260 e. The van der Waals surface area contributed by atoms with Gasteiger partial charge in [-0.15, -0.1) is 0 Å². The molecule has 32 heavy (non-hydrogen) atoms. The standard InChI is InChI=1S/C25H27N3O4/c29-22(26-16-17-11-14-32-15-12-17)10-5-13-27-23-18-6-1-2-7-19(18)25(31)28(23)21-9-4-3-8-20(21)24(27)30/h1-4,6-9,17,23H,5,10-16H2,(H,26,29)/t23-/m1/s1. The number of amides is 3. The fourth-order valence-corrected chi connectivity index (χ4v) is 4.91. The molecule has 0 unspecified atom stereocenters. The summed E-state index contributed by atoms with van der Waals surface area (Å²) in [7, 11) is 0. The second-order valence-corrected chi connectivity index (χ2v) is 8.62. The summed E-state index contributed by atoms with van der Waals surface area (Å²) in [5.41, 5.74) is 2.63. The van der Waals surface area contributed by atoms with Crippen molar-refractivity contribution in [3.05, 3.63) is 65.2 Å². The van der Waals surface area contributed by atoms with Gasteiger partial charge in [0.25, 0.3) is 11.8 Å². The van der Waals surface area contributed by atoms with E-state index in [1.165, 1.54) is 0 Å². The number of para-hydroxylation sites is 1. The lowest BCUT2D eigenvalue weighted by atomic mass is 10.0. The van der Waals surface area contributed by atoms with E-state index in [0.717, 1.165) is 31.6 Å². The Balaban J connectivity index is 1.29. The Kier molecular flexibility index (Phi) is 5.66.